The third kappa shape index (κ3) is 3.14. The third-order valence-electron chi connectivity index (χ3n) is 3.94. The highest BCUT2D eigenvalue weighted by Gasteiger charge is 2.26. The Morgan fingerprint density at radius 1 is 1.50 bits per heavy atom. The van der Waals surface area contributed by atoms with Gasteiger partial charge in [0.1, 0.15) is 0 Å². The summed E-state index contributed by atoms with van der Waals surface area (Å²) >= 11 is 0. The first-order valence-corrected chi connectivity index (χ1v) is 6.78. The number of hydrogen-bond donors (Lipinski definition) is 2. The maximum atomic E-state index is 12.0. The third-order valence-corrected chi connectivity index (χ3v) is 3.94. The summed E-state index contributed by atoms with van der Waals surface area (Å²) in [7, 11) is 0. The normalized spacial score (nSPS) is 21.7. The molecule has 1 aliphatic rings. The fraction of sp³-hybridized carbons (Fsp3) is 0.500. The number of hydrogen-bond acceptors (Lipinski definition) is 4. The van der Waals surface area contributed by atoms with Crippen molar-refractivity contribution in [2.45, 2.75) is 38.6 Å². The van der Waals surface area contributed by atoms with Gasteiger partial charge in [0.15, 0.2) is 0 Å². The lowest BCUT2D eigenvalue weighted by molar-refractivity contribution is -0.385. The quantitative estimate of drug-likeness (QED) is 0.652. The zero-order chi connectivity index (χ0) is 14.7. The molecule has 1 aliphatic carbocycles. The van der Waals surface area contributed by atoms with Crippen LogP contribution in [-0.4, -0.2) is 16.9 Å². The molecule has 1 fully saturated rings. The summed E-state index contributed by atoms with van der Waals surface area (Å²) in [5.74, 6) is 0.0879. The van der Waals surface area contributed by atoms with Crippen LogP contribution in [0.15, 0.2) is 18.2 Å². The molecule has 1 saturated carbocycles. The van der Waals surface area contributed by atoms with Gasteiger partial charge >= 0.3 is 0 Å². The Bertz CT molecular complexity index is 530. The number of amides is 1. The van der Waals surface area contributed by atoms with Crippen LogP contribution in [0, 0.1) is 23.0 Å². The first kappa shape index (κ1) is 14.5. The van der Waals surface area contributed by atoms with Crippen molar-refractivity contribution in [3.8, 4) is 0 Å². The minimum Gasteiger partial charge on any atom is -0.327 e. The molecule has 108 valence electrons. The smallest absolute Gasteiger partial charge is 0.274 e. The first-order chi connectivity index (χ1) is 9.49. The van der Waals surface area contributed by atoms with Crippen molar-refractivity contribution in [3.63, 3.8) is 0 Å². The van der Waals surface area contributed by atoms with E-state index in [1.54, 1.807) is 19.1 Å². The van der Waals surface area contributed by atoms with Gasteiger partial charge in [0.2, 0.25) is 5.91 Å². The van der Waals surface area contributed by atoms with Crippen LogP contribution in [0.4, 0.5) is 11.4 Å². The van der Waals surface area contributed by atoms with E-state index in [1.165, 1.54) is 6.07 Å². The summed E-state index contributed by atoms with van der Waals surface area (Å²) in [6, 6.07) is 4.77. The van der Waals surface area contributed by atoms with Crippen LogP contribution in [0.3, 0.4) is 0 Å². The van der Waals surface area contributed by atoms with E-state index < -0.39 is 4.92 Å². The van der Waals surface area contributed by atoms with E-state index in [1.807, 2.05) is 0 Å². The van der Waals surface area contributed by atoms with Crippen LogP contribution < -0.4 is 11.1 Å². The topological polar surface area (TPSA) is 98.3 Å². The van der Waals surface area contributed by atoms with Gasteiger partial charge in [-0.2, -0.15) is 0 Å². The van der Waals surface area contributed by atoms with Crippen LogP contribution in [0.2, 0.25) is 0 Å². The molecule has 0 spiro atoms. The summed E-state index contributed by atoms with van der Waals surface area (Å²) in [4.78, 5) is 22.4. The van der Waals surface area contributed by atoms with Gasteiger partial charge in [-0.3, -0.25) is 14.9 Å². The minimum absolute atomic E-state index is 0.0142. The van der Waals surface area contributed by atoms with E-state index in [0.717, 1.165) is 19.3 Å². The molecule has 1 aromatic carbocycles. The van der Waals surface area contributed by atoms with Crippen LogP contribution in [0.25, 0.3) is 0 Å². The largest absolute Gasteiger partial charge is 0.327 e. The molecule has 0 saturated heterocycles. The second kappa shape index (κ2) is 6.00. The molecule has 0 heterocycles. The number of nitro groups is 1. The number of nitrogens with two attached hydrogens (primary N) is 1. The summed E-state index contributed by atoms with van der Waals surface area (Å²) < 4.78 is 0. The number of anilines is 1. The maximum absolute atomic E-state index is 12.0. The fourth-order valence-corrected chi connectivity index (χ4v) is 2.71. The summed E-state index contributed by atoms with van der Waals surface area (Å²) in [6.07, 6.45) is 3.38. The second-order valence-corrected chi connectivity index (χ2v) is 5.31. The standard InChI is InChI=1S/C14H19N3O3/c1-9-12(6-3-7-13(9)17(19)20)16-14(18)8-10-4-2-5-11(10)15/h3,6-7,10-11H,2,4-5,8,15H2,1H3,(H,16,18)/t10-,11+/m0/s1. The minimum atomic E-state index is -0.447. The lowest BCUT2D eigenvalue weighted by atomic mass is 10.00. The molecule has 0 bridgehead atoms. The van der Waals surface area contributed by atoms with Crippen molar-refractivity contribution >= 4 is 17.3 Å². The molecule has 1 amide bonds. The molecule has 6 nitrogen and oxygen atoms in total. The summed E-state index contributed by atoms with van der Waals surface area (Å²) in [5, 5.41) is 13.6. The Balaban J connectivity index is 2.04. The molecular weight excluding hydrogens is 258 g/mol. The predicted octanol–water partition coefficient (Wildman–Crippen LogP) is 2.36. The average molecular weight is 277 g/mol. The molecule has 6 heteroatoms. The number of nitrogens with one attached hydrogen (secondary N) is 1. The van der Waals surface area contributed by atoms with Crippen LogP contribution >= 0.6 is 0 Å². The van der Waals surface area contributed by atoms with E-state index >= 15 is 0 Å². The van der Waals surface area contributed by atoms with Gasteiger partial charge in [0.05, 0.1) is 16.2 Å². The van der Waals surface area contributed by atoms with Crippen LogP contribution in [0.1, 0.15) is 31.2 Å². The molecule has 20 heavy (non-hydrogen) atoms. The van der Waals surface area contributed by atoms with Crippen molar-refractivity contribution in [1.82, 2.24) is 0 Å². The van der Waals surface area contributed by atoms with Gasteiger partial charge in [-0.05, 0) is 31.7 Å². The number of rotatable bonds is 4. The summed E-state index contributed by atoms with van der Waals surface area (Å²) in [6.45, 7) is 1.63. The number of benzene rings is 1. The highest BCUT2D eigenvalue weighted by Crippen LogP contribution is 2.28. The highest BCUT2D eigenvalue weighted by atomic mass is 16.6. The highest BCUT2D eigenvalue weighted by molar-refractivity contribution is 5.92. The molecule has 3 N–H and O–H groups in total. The lowest BCUT2D eigenvalue weighted by Crippen LogP contribution is -2.28. The predicted molar refractivity (Wildman–Crippen MR) is 76.4 cm³/mol. The molecule has 2 rings (SSSR count). The van der Waals surface area contributed by atoms with Crippen LogP contribution in [-0.2, 0) is 4.79 Å². The number of carbonyl (C=O) groups excluding carboxylic acids is 1. The number of nitro benzene ring substituents is 1. The van der Waals surface area contributed by atoms with Gasteiger partial charge < -0.3 is 11.1 Å². The van der Waals surface area contributed by atoms with E-state index in [9.17, 15) is 14.9 Å². The Kier molecular flexibility index (Phi) is 4.34. The number of nitrogens with zero attached hydrogens (tertiary/aromatic N) is 1. The molecule has 2 atom stereocenters. The molecule has 0 radical (unpaired) electrons. The Labute approximate surface area is 117 Å². The van der Waals surface area contributed by atoms with E-state index in [-0.39, 0.29) is 23.6 Å². The SMILES string of the molecule is Cc1c(NC(=O)C[C@@H]2CCC[C@H]2N)cccc1[N+](=O)[O-]. The zero-order valence-corrected chi connectivity index (χ0v) is 11.5. The number of carbonyl (C=O) groups is 1. The van der Waals surface area contributed by atoms with Crippen molar-refractivity contribution in [3.05, 3.63) is 33.9 Å². The van der Waals surface area contributed by atoms with Crippen molar-refractivity contribution in [2.75, 3.05) is 5.32 Å². The van der Waals surface area contributed by atoms with Crippen molar-refractivity contribution in [2.24, 2.45) is 11.7 Å². The Morgan fingerprint density at radius 3 is 2.85 bits per heavy atom. The molecular formula is C14H19N3O3. The molecule has 0 aliphatic heterocycles. The molecule has 1 aromatic rings. The van der Waals surface area contributed by atoms with Gasteiger partial charge in [0, 0.05) is 18.5 Å². The van der Waals surface area contributed by atoms with Gasteiger partial charge in [-0.15, -0.1) is 0 Å². The average Bonchev–Trinajstić information content (AvgIpc) is 2.77. The zero-order valence-electron chi connectivity index (χ0n) is 11.5. The molecule has 0 aromatic heterocycles. The van der Waals surface area contributed by atoms with E-state index in [2.05, 4.69) is 5.32 Å². The van der Waals surface area contributed by atoms with Gasteiger partial charge in [0.25, 0.3) is 5.69 Å². The molecule has 0 unspecified atom stereocenters. The van der Waals surface area contributed by atoms with Crippen LogP contribution in [0.5, 0.6) is 0 Å². The Morgan fingerprint density at radius 2 is 2.25 bits per heavy atom. The van der Waals surface area contributed by atoms with Gasteiger partial charge in [-0.25, -0.2) is 0 Å². The fourth-order valence-electron chi connectivity index (χ4n) is 2.71. The van der Waals surface area contributed by atoms with E-state index in [4.69, 9.17) is 5.73 Å². The van der Waals surface area contributed by atoms with Gasteiger partial charge in [-0.1, -0.05) is 12.5 Å². The van der Waals surface area contributed by atoms with E-state index in [0.29, 0.717) is 17.7 Å². The lowest BCUT2D eigenvalue weighted by Gasteiger charge is -2.15. The summed E-state index contributed by atoms with van der Waals surface area (Å²) in [5.41, 5.74) is 6.93. The first-order valence-electron chi connectivity index (χ1n) is 6.78. The van der Waals surface area contributed by atoms with Crippen molar-refractivity contribution in [1.29, 1.82) is 0 Å². The second-order valence-electron chi connectivity index (χ2n) is 5.31. The van der Waals surface area contributed by atoms with Crippen molar-refractivity contribution < 1.29 is 9.72 Å². The monoisotopic (exact) mass is 277 g/mol. The maximum Gasteiger partial charge on any atom is 0.274 e. The Hall–Kier alpha value is -1.95.